The molecular formula is C19H19F2N7O2. The number of halogens is 2. The van der Waals surface area contributed by atoms with E-state index < -0.39 is 11.7 Å². The Balaban J connectivity index is 2.09. The molecule has 0 saturated heterocycles. The van der Waals surface area contributed by atoms with Gasteiger partial charge < -0.3 is 15.4 Å². The third-order valence-corrected chi connectivity index (χ3v) is 3.84. The van der Waals surface area contributed by atoms with Gasteiger partial charge in [0.15, 0.2) is 0 Å². The number of pyridine rings is 1. The van der Waals surface area contributed by atoms with Crippen molar-refractivity contribution >= 4 is 23.2 Å². The van der Waals surface area contributed by atoms with E-state index >= 15 is 0 Å². The molecule has 0 aromatic carbocycles. The lowest BCUT2D eigenvalue weighted by molar-refractivity contribution is -0.114. The highest BCUT2D eigenvalue weighted by Gasteiger charge is 2.29. The van der Waals surface area contributed by atoms with Crippen LogP contribution in [0.25, 0.3) is 11.3 Å². The standard InChI is InChI=1S/C19H19F2N7O2/c1-10-5-16(28-18(25-10)19(3,20)21)27-14-6-15(26-11(2)29)22-8-12(14)13-7-17(30-4)24-9-23-13/h5-9H,1-4H3,(H2,22,25,26,27,28,29). The van der Waals surface area contributed by atoms with Crippen LogP contribution in [0.3, 0.4) is 0 Å². The Morgan fingerprint density at radius 1 is 1.10 bits per heavy atom. The van der Waals surface area contributed by atoms with Crippen molar-refractivity contribution in [3.05, 3.63) is 42.2 Å². The third-order valence-electron chi connectivity index (χ3n) is 3.84. The van der Waals surface area contributed by atoms with Gasteiger partial charge in [-0.2, -0.15) is 8.78 Å². The number of hydrogen-bond acceptors (Lipinski definition) is 8. The fourth-order valence-electron chi connectivity index (χ4n) is 2.58. The van der Waals surface area contributed by atoms with Crippen LogP contribution in [-0.2, 0) is 10.7 Å². The number of hydrogen-bond donors (Lipinski definition) is 2. The van der Waals surface area contributed by atoms with Gasteiger partial charge >= 0.3 is 5.92 Å². The summed E-state index contributed by atoms with van der Waals surface area (Å²) in [4.78, 5) is 31.5. The van der Waals surface area contributed by atoms with Crippen LogP contribution in [0.1, 0.15) is 25.4 Å². The van der Waals surface area contributed by atoms with Gasteiger partial charge in [-0.1, -0.05) is 0 Å². The number of nitrogens with one attached hydrogen (secondary N) is 2. The van der Waals surface area contributed by atoms with Crippen LogP contribution in [0.5, 0.6) is 5.88 Å². The Morgan fingerprint density at radius 3 is 2.53 bits per heavy atom. The molecule has 1 amide bonds. The van der Waals surface area contributed by atoms with E-state index in [2.05, 4.69) is 35.6 Å². The summed E-state index contributed by atoms with van der Waals surface area (Å²) in [6, 6.07) is 4.67. The molecular weight excluding hydrogens is 396 g/mol. The normalized spacial score (nSPS) is 11.1. The monoisotopic (exact) mass is 415 g/mol. The second-order valence-electron chi connectivity index (χ2n) is 6.47. The van der Waals surface area contributed by atoms with Crippen molar-refractivity contribution in [1.82, 2.24) is 24.9 Å². The number of nitrogens with zero attached hydrogens (tertiary/aromatic N) is 5. The van der Waals surface area contributed by atoms with Crippen molar-refractivity contribution in [2.45, 2.75) is 26.7 Å². The number of ether oxygens (including phenoxy) is 1. The second kappa shape index (κ2) is 8.31. The van der Waals surface area contributed by atoms with Crippen LogP contribution in [0.4, 0.5) is 26.1 Å². The highest BCUT2D eigenvalue weighted by molar-refractivity contribution is 5.89. The summed E-state index contributed by atoms with van der Waals surface area (Å²) in [7, 11) is 1.47. The lowest BCUT2D eigenvalue weighted by Gasteiger charge is -2.15. The van der Waals surface area contributed by atoms with Gasteiger partial charge in [0.2, 0.25) is 17.6 Å². The van der Waals surface area contributed by atoms with E-state index in [9.17, 15) is 13.6 Å². The van der Waals surface area contributed by atoms with E-state index in [-0.39, 0.29) is 17.5 Å². The fraction of sp³-hybridized carbons (Fsp3) is 0.263. The van der Waals surface area contributed by atoms with E-state index in [1.54, 1.807) is 19.1 Å². The fourth-order valence-corrected chi connectivity index (χ4v) is 2.58. The number of amides is 1. The molecule has 9 nitrogen and oxygen atoms in total. The minimum absolute atomic E-state index is 0.154. The second-order valence-corrected chi connectivity index (χ2v) is 6.47. The van der Waals surface area contributed by atoms with Gasteiger partial charge in [0, 0.05) is 49.5 Å². The van der Waals surface area contributed by atoms with Crippen molar-refractivity contribution in [1.29, 1.82) is 0 Å². The Hall–Kier alpha value is -3.76. The number of anilines is 3. The Kier molecular flexibility index (Phi) is 5.81. The van der Waals surface area contributed by atoms with Crippen molar-refractivity contribution in [3.63, 3.8) is 0 Å². The molecule has 30 heavy (non-hydrogen) atoms. The highest BCUT2D eigenvalue weighted by atomic mass is 19.3. The summed E-state index contributed by atoms with van der Waals surface area (Å²) in [6.07, 6.45) is 2.81. The molecule has 0 aliphatic heterocycles. The van der Waals surface area contributed by atoms with Gasteiger partial charge in [-0.3, -0.25) is 4.79 Å². The van der Waals surface area contributed by atoms with Crippen molar-refractivity contribution in [2.75, 3.05) is 17.7 Å². The number of rotatable bonds is 6. The van der Waals surface area contributed by atoms with Gasteiger partial charge in [-0.25, -0.2) is 24.9 Å². The summed E-state index contributed by atoms with van der Waals surface area (Å²) < 4.78 is 32.6. The van der Waals surface area contributed by atoms with E-state index in [1.807, 2.05) is 0 Å². The summed E-state index contributed by atoms with van der Waals surface area (Å²) in [5, 5.41) is 5.58. The average molecular weight is 415 g/mol. The van der Waals surface area contributed by atoms with Crippen LogP contribution in [0, 0.1) is 6.92 Å². The molecule has 3 aromatic heterocycles. The number of carbonyl (C=O) groups is 1. The largest absolute Gasteiger partial charge is 0.481 e. The maximum absolute atomic E-state index is 13.7. The van der Waals surface area contributed by atoms with Crippen LogP contribution in [0.2, 0.25) is 0 Å². The number of aryl methyl sites for hydroxylation is 1. The first-order valence-electron chi connectivity index (χ1n) is 8.81. The van der Waals surface area contributed by atoms with Crippen LogP contribution < -0.4 is 15.4 Å². The van der Waals surface area contributed by atoms with Gasteiger partial charge in [-0.15, -0.1) is 0 Å². The zero-order valence-corrected chi connectivity index (χ0v) is 16.7. The average Bonchev–Trinajstić information content (AvgIpc) is 2.66. The van der Waals surface area contributed by atoms with Crippen molar-refractivity contribution < 1.29 is 18.3 Å². The van der Waals surface area contributed by atoms with Gasteiger partial charge in [0.1, 0.15) is 18.0 Å². The molecule has 3 aromatic rings. The molecule has 0 saturated carbocycles. The predicted molar refractivity (Wildman–Crippen MR) is 106 cm³/mol. The molecule has 0 spiro atoms. The molecule has 0 bridgehead atoms. The number of aromatic nitrogens is 5. The Morgan fingerprint density at radius 2 is 1.87 bits per heavy atom. The summed E-state index contributed by atoms with van der Waals surface area (Å²) in [6.45, 7) is 3.67. The van der Waals surface area contributed by atoms with E-state index in [1.165, 1.54) is 32.6 Å². The molecule has 0 radical (unpaired) electrons. The lowest BCUT2D eigenvalue weighted by atomic mass is 10.1. The van der Waals surface area contributed by atoms with Crippen LogP contribution in [0.15, 0.2) is 30.7 Å². The maximum Gasteiger partial charge on any atom is 0.303 e. The minimum atomic E-state index is -3.20. The first-order valence-corrected chi connectivity index (χ1v) is 8.81. The summed E-state index contributed by atoms with van der Waals surface area (Å²) in [5.74, 6) is -3.36. The molecule has 3 rings (SSSR count). The van der Waals surface area contributed by atoms with Crippen LogP contribution >= 0.6 is 0 Å². The topological polar surface area (TPSA) is 115 Å². The van der Waals surface area contributed by atoms with Gasteiger partial charge in [-0.05, 0) is 6.92 Å². The van der Waals surface area contributed by atoms with E-state index in [0.717, 1.165) is 6.92 Å². The molecule has 156 valence electrons. The highest BCUT2D eigenvalue weighted by Crippen LogP contribution is 2.32. The van der Waals surface area contributed by atoms with E-state index in [0.29, 0.717) is 28.5 Å². The predicted octanol–water partition coefficient (Wildman–Crippen LogP) is 3.46. The van der Waals surface area contributed by atoms with Gasteiger partial charge in [0.25, 0.3) is 0 Å². The summed E-state index contributed by atoms with van der Waals surface area (Å²) in [5.41, 5.74) is 1.78. The zero-order valence-electron chi connectivity index (χ0n) is 16.7. The molecule has 0 unspecified atom stereocenters. The molecule has 0 fully saturated rings. The lowest BCUT2D eigenvalue weighted by Crippen LogP contribution is -2.14. The quantitative estimate of drug-likeness (QED) is 0.629. The zero-order chi connectivity index (χ0) is 21.9. The molecule has 0 aliphatic carbocycles. The first-order chi connectivity index (χ1) is 14.2. The molecule has 3 heterocycles. The molecule has 11 heteroatoms. The minimum Gasteiger partial charge on any atom is -0.481 e. The molecule has 0 atom stereocenters. The van der Waals surface area contributed by atoms with Crippen molar-refractivity contribution in [2.24, 2.45) is 0 Å². The first kappa shape index (κ1) is 21.0. The number of carbonyl (C=O) groups excluding carboxylic acids is 1. The molecule has 0 aliphatic rings. The Bertz CT molecular complexity index is 1090. The smallest absolute Gasteiger partial charge is 0.303 e. The van der Waals surface area contributed by atoms with Gasteiger partial charge in [0.05, 0.1) is 18.5 Å². The number of methoxy groups -OCH3 is 1. The Labute approximate surface area is 171 Å². The summed E-state index contributed by atoms with van der Waals surface area (Å²) >= 11 is 0. The SMILES string of the molecule is COc1cc(-c2cnc(NC(C)=O)cc2Nc2cc(C)nc(C(C)(F)F)n2)ncn1. The van der Waals surface area contributed by atoms with E-state index in [4.69, 9.17) is 4.74 Å². The third kappa shape index (κ3) is 4.99. The van der Waals surface area contributed by atoms with Crippen molar-refractivity contribution in [3.8, 4) is 17.1 Å². The molecule has 2 N–H and O–H groups in total. The number of alkyl halides is 2. The van der Waals surface area contributed by atoms with Crippen LogP contribution in [-0.4, -0.2) is 37.9 Å². The maximum atomic E-state index is 13.7.